The van der Waals surface area contributed by atoms with Gasteiger partial charge in [-0.1, -0.05) is 11.6 Å². The predicted octanol–water partition coefficient (Wildman–Crippen LogP) is 2.66. The van der Waals surface area contributed by atoms with Crippen molar-refractivity contribution in [1.82, 2.24) is 0 Å². The molecule has 1 amide bonds. The number of amides is 1. The van der Waals surface area contributed by atoms with Gasteiger partial charge in [0.15, 0.2) is 0 Å². The standard InChI is InChI=1S/C13H14ClF3N2O2/c1-12(6-21-5-10(12)18)11(20)19-9-3-7(13(15,16)17)2-8(14)4-9/h2-4,10H,5-6,18H2,1H3,(H,19,20). The van der Waals surface area contributed by atoms with Crippen molar-refractivity contribution < 1.29 is 22.7 Å². The lowest BCUT2D eigenvalue weighted by atomic mass is 9.85. The normalized spacial score (nSPS) is 25.9. The van der Waals surface area contributed by atoms with Gasteiger partial charge in [0.2, 0.25) is 5.91 Å². The largest absolute Gasteiger partial charge is 0.416 e. The van der Waals surface area contributed by atoms with Crippen molar-refractivity contribution in [3.63, 3.8) is 0 Å². The number of benzene rings is 1. The van der Waals surface area contributed by atoms with Gasteiger partial charge in [-0.3, -0.25) is 4.79 Å². The molecule has 0 radical (unpaired) electrons. The lowest BCUT2D eigenvalue weighted by Crippen LogP contribution is -2.47. The molecule has 21 heavy (non-hydrogen) atoms. The second-order valence-electron chi connectivity index (χ2n) is 5.22. The minimum Gasteiger partial charge on any atom is -0.379 e. The van der Waals surface area contributed by atoms with Crippen molar-refractivity contribution in [3.05, 3.63) is 28.8 Å². The minimum absolute atomic E-state index is 0.0276. The average molecular weight is 323 g/mol. The van der Waals surface area contributed by atoms with Crippen LogP contribution in [0.25, 0.3) is 0 Å². The van der Waals surface area contributed by atoms with Gasteiger partial charge in [0.25, 0.3) is 0 Å². The van der Waals surface area contributed by atoms with Gasteiger partial charge < -0.3 is 15.8 Å². The predicted molar refractivity (Wildman–Crippen MR) is 72.0 cm³/mol. The summed E-state index contributed by atoms with van der Waals surface area (Å²) in [7, 11) is 0. The fraction of sp³-hybridized carbons (Fsp3) is 0.462. The Kier molecular flexibility index (Phi) is 4.19. The molecular weight excluding hydrogens is 309 g/mol. The van der Waals surface area contributed by atoms with Crippen molar-refractivity contribution in [2.75, 3.05) is 18.5 Å². The van der Waals surface area contributed by atoms with Crippen LogP contribution in [0.3, 0.4) is 0 Å². The molecule has 0 spiro atoms. The van der Waals surface area contributed by atoms with E-state index in [0.29, 0.717) is 0 Å². The summed E-state index contributed by atoms with van der Waals surface area (Å²) in [6.45, 7) is 1.95. The molecule has 2 unspecified atom stereocenters. The summed E-state index contributed by atoms with van der Waals surface area (Å²) >= 11 is 5.66. The molecule has 4 nitrogen and oxygen atoms in total. The van der Waals surface area contributed by atoms with Gasteiger partial charge in [-0.2, -0.15) is 13.2 Å². The molecule has 0 saturated carbocycles. The Morgan fingerprint density at radius 3 is 2.67 bits per heavy atom. The number of carbonyl (C=O) groups is 1. The number of carbonyl (C=O) groups excluding carboxylic acids is 1. The summed E-state index contributed by atoms with van der Waals surface area (Å²) in [4.78, 5) is 12.2. The molecule has 1 fully saturated rings. The Bertz CT molecular complexity index is 565. The van der Waals surface area contributed by atoms with E-state index in [1.165, 1.54) is 6.07 Å². The van der Waals surface area contributed by atoms with Crippen LogP contribution in [0.4, 0.5) is 18.9 Å². The molecule has 1 aromatic rings. The molecule has 1 saturated heterocycles. The van der Waals surface area contributed by atoms with Crippen LogP contribution in [0.5, 0.6) is 0 Å². The summed E-state index contributed by atoms with van der Waals surface area (Å²) in [6.07, 6.45) is -4.54. The first kappa shape index (κ1) is 16.1. The van der Waals surface area contributed by atoms with Gasteiger partial charge in [-0.25, -0.2) is 0 Å². The second kappa shape index (κ2) is 5.47. The molecule has 8 heteroatoms. The molecule has 1 aliphatic rings. The van der Waals surface area contributed by atoms with E-state index in [0.717, 1.165) is 12.1 Å². The number of halogens is 4. The maximum atomic E-state index is 12.7. The van der Waals surface area contributed by atoms with Crippen LogP contribution >= 0.6 is 11.6 Å². The zero-order valence-corrected chi connectivity index (χ0v) is 11.9. The van der Waals surface area contributed by atoms with E-state index in [1.807, 2.05) is 0 Å². The topological polar surface area (TPSA) is 64.3 Å². The van der Waals surface area contributed by atoms with E-state index in [-0.39, 0.29) is 23.9 Å². The zero-order valence-electron chi connectivity index (χ0n) is 11.1. The molecule has 3 N–H and O–H groups in total. The minimum atomic E-state index is -4.54. The van der Waals surface area contributed by atoms with Crippen molar-refractivity contribution in [3.8, 4) is 0 Å². The van der Waals surface area contributed by atoms with Crippen LogP contribution < -0.4 is 11.1 Å². The molecule has 1 aliphatic heterocycles. The highest BCUT2D eigenvalue weighted by Gasteiger charge is 2.44. The third-order valence-electron chi connectivity index (χ3n) is 3.52. The van der Waals surface area contributed by atoms with Crippen molar-refractivity contribution in [1.29, 1.82) is 0 Å². The monoisotopic (exact) mass is 322 g/mol. The fourth-order valence-electron chi connectivity index (χ4n) is 2.02. The van der Waals surface area contributed by atoms with Gasteiger partial charge in [-0.15, -0.1) is 0 Å². The first-order valence-electron chi connectivity index (χ1n) is 6.15. The maximum Gasteiger partial charge on any atom is 0.416 e. The maximum absolute atomic E-state index is 12.7. The number of ether oxygens (including phenoxy) is 1. The Morgan fingerprint density at radius 1 is 1.48 bits per heavy atom. The Hall–Kier alpha value is -1.31. The average Bonchev–Trinajstić information content (AvgIpc) is 2.69. The lowest BCUT2D eigenvalue weighted by molar-refractivity contribution is -0.137. The number of nitrogens with one attached hydrogen (secondary N) is 1. The van der Waals surface area contributed by atoms with Gasteiger partial charge in [0.1, 0.15) is 0 Å². The Morgan fingerprint density at radius 2 is 2.14 bits per heavy atom. The van der Waals surface area contributed by atoms with E-state index in [4.69, 9.17) is 22.1 Å². The summed E-state index contributed by atoms with van der Waals surface area (Å²) in [6, 6.07) is 2.36. The van der Waals surface area contributed by atoms with Crippen molar-refractivity contribution >= 4 is 23.2 Å². The SMILES string of the molecule is CC1(C(=O)Nc2cc(Cl)cc(C(F)(F)F)c2)COCC1N. The lowest BCUT2D eigenvalue weighted by Gasteiger charge is -2.25. The molecular formula is C13H14ClF3N2O2. The third-order valence-corrected chi connectivity index (χ3v) is 3.74. The molecule has 1 heterocycles. The fourth-order valence-corrected chi connectivity index (χ4v) is 2.26. The molecule has 0 bridgehead atoms. The number of rotatable bonds is 2. The molecule has 0 aliphatic carbocycles. The molecule has 2 rings (SSSR count). The second-order valence-corrected chi connectivity index (χ2v) is 5.66. The Balaban J connectivity index is 2.24. The van der Waals surface area contributed by atoms with E-state index in [2.05, 4.69) is 5.32 Å². The van der Waals surface area contributed by atoms with E-state index >= 15 is 0 Å². The van der Waals surface area contributed by atoms with Gasteiger partial charge >= 0.3 is 6.18 Å². The van der Waals surface area contributed by atoms with Gasteiger partial charge in [-0.05, 0) is 25.1 Å². The third kappa shape index (κ3) is 3.30. The van der Waals surface area contributed by atoms with Crippen molar-refractivity contribution in [2.45, 2.75) is 19.1 Å². The summed E-state index contributed by atoms with van der Waals surface area (Å²) < 4.78 is 43.3. The molecule has 0 aromatic heterocycles. The zero-order chi connectivity index (χ0) is 15.8. The van der Waals surface area contributed by atoms with Crippen LogP contribution in [0.1, 0.15) is 12.5 Å². The summed E-state index contributed by atoms with van der Waals surface area (Å²) in [5.74, 6) is -0.497. The summed E-state index contributed by atoms with van der Waals surface area (Å²) in [5, 5.41) is 2.31. The number of anilines is 1. The van der Waals surface area contributed by atoms with Crippen LogP contribution in [-0.2, 0) is 15.7 Å². The molecule has 2 atom stereocenters. The van der Waals surface area contributed by atoms with Crippen LogP contribution in [0.15, 0.2) is 18.2 Å². The smallest absolute Gasteiger partial charge is 0.379 e. The van der Waals surface area contributed by atoms with Crippen LogP contribution in [0.2, 0.25) is 5.02 Å². The first-order chi connectivity index (χ1) is 9.63. The van der Waals surface area contributed by atoms with Crippen LogP contribution in [0, 0.1) is 5.41 Å². The highest BCUT2D eigenvalue weighted by molar-refractivity contribution is 6.31. The molecule has 1 aromatic carbocycles. The molecule has 116 valence electrons. The number of hydrogen-bond donors (Lipinski definition) is 2. The quantitative estimate of drug-likeness (QED) is 0.880. The van der Waals surface area contributed by atoms with E-state index in [9.17, 15) is 18.0 Å². The highest BCUT2D eigenvalue weighted by atomic mass is 35.5. The number of alkyl halides is 3. The van der Waals surface area contributed by atoms with E-state index in [1.54, 1.807) is 6.92 Å². The van der Waals surface area contributed by atoms with Crippen LogP contribution in [-0.4, -0.2) is 25.2 Å². The van der Waals surface area contributed by atoms with Gasteiger partial charge in [0.05, 0.1) is 24.2 Å². The van der Waals surface area contributed by atoms with Crippen molar-refractivity contribution in [2.24, 2.45) is 11.1 Å². The highest BCUT2D eigenvalue weighted by Crippen LogP contribution is 2.34. The summed E-state index contributed by atoms with van der Waals surface area (Å²) in [5.41, 5.74) is 3.86. The number of nitrogens with two attached hydrogens (primary N) is 1. The van der Waals surface area contributed by atoms with Gasteiger partial charge in [0, 0.05) is 16.8 Å². The van der Waals surface area contributed by atoms with E-state index < -0.39 is 29.1 Å². The first-order valence-corrected chi connectivity index (χ1v) is 6.53. The number of hydrogen-bond acceptors (Lipinski definition) is 3. The Labute approximate surface area is 124 Å².